The highest BCUT2D eigenvalue weighted by molar-refractivity contribution is 6.04. The van der Waals surface area contributed by atoms with Crippen LogP contribution >= 0.6 is 0 Å². The average Bonchev–Trinajstić information content (AvgIpc) is 2.63. The number of ketones is 1. The van der Waals surface area contributed by atoms with Gasteiger partial charge in [0, 0.05) is 49.2 Å². The van der Waals surface area contributed by atoms with Crippen LogP contribution in [-0.4, -0.2) is 36.9 Å². The minimum atomic E-state index is -0.353. The molecule has 5 heteroatoms. The van der Waals surface area contributed by atoms with Crippen LogP contribution in [0.1, 0.15) is 17.3 Å². The van der Waals surface area contributed by atoms with Crippen LogP contribution in [0.25, 0.3) is 0 Å². The molecule has 0 N–H and O–H groups in total. The molecule has 0 atom stereocenters. The van der Waals surface area contributed by atoms with E-state index in [4.69, 9.17) is 0 Å². The van der Waals surface area contributed by atoms with Gasteiger partial charge in [-0.15, -0.1) is 0 Å². The maximum Gasteiger partial charge on any atom is 0.187 e. The summed E-state index contributed by atoms with van der Waals surface area (Å²) in [5, 5.41) is 0. The summed E-state index contributed by atoms with van der Waals surface area (Å²) in [6, 6.07) is 12.1. The van der Waals surface area contributed by atoms with Crippen LogP contribution in [0.5, 0.6) is 0 Å². The zero-order chi connectivity index (χ0) is 17.8. The molecule has 2 aromatic rings. The van der Waals surface area contributed by atoms with E-state index in [2.05, 4.69) is 9.80 Å². The van der Waals surface area contributed by atoms with E-state index in [0.717, 1.165) is 37.6 Å². The van der Waals surface area contributed by atoms with Crippen molar-refractivity contribution in [1.82, 2.24) is 4.90 Å². The van der Waals surface area contributed by atoms with Crippen molar-refractivity contribution in [2.45, 2.75) is 6.92 Å². The lowest BCUT2D eigenvalue weighted by Gasteiger charge is -2.37. The summed E-state index contributed by atoms with van der Waals surface area (Å²) in [4.78, 5) is 16.6. The molecular formula is C20H20F2N2O. The molecule has 130 valence electrons. The van der Waals surface area contributed by atoms with Gasteiger partial charge in [-0.05, 0) is 55.5 Å². The Bertz CT molecular complexity index is 761. The second kappa shape index (κ2) is 7.47. The summed E-state index contributed by atoms with van der Waals surface area (Å²) in [5.74, 6) is -0.715. The third kappa shape index (κ3) is 4.24. The summed E-state index contributed by atoms with van der Waals surface area (Å²) >= 11 is 0. The molecule has 0 bridgehead atoms. The van der Waals surface area contributed by atoms with E-state index in [9.17, 15) is 13.6 Å². The fourth-order valence-corrected chi connectivity index (χ4v) is 2.95. The molecule has 3 nitrogen and oxygen atoms in total. The first-order valence-corrected chi connectivity index (χ1v) is 8.26. The molecule has 1 aliphatic rings. The standard InChI is InChI=1S/C20H20F2N2O/c1-15(14-20(25)16-2-4-17(21)5-3-16)23-10-12-24(13-11-23)19-8-6-18(22)7-9-19/h2-9,14H,10-13H2,1H3/b15-14-. The molecule has 0 amide bonds. The van der Waals surface area contributed by atoms with E-state index < -0.39 is 0 Å². The first-order valence-electron chi connectivity index (χ1n) is 8.26. The molecule has 1 aliphatic heterocycles. The number of benzene rings is 2. The number of halogens is 2. The zero-order valence-corrected chi connectivity index (χ0v) is 14.1. The molecule has 2 aromatic carbocycles. The van der Waals surface area contributed by atoms with Crippen molar-refractivity contribution in [3.05, 3.63) is 77.5 Å². The van der Waals surface area contributed by atoms with Crippen LogP contribution in [0.2, 0.25) is 0 Å². The van der Waals surface area contributed by atoms with Gasteiger partial charge in [0.2, 0.25) is 0 Å². The molecule has 3 rings (SSSR count). The average molecular weight is 342 g/mol. The Morgan fingerprint density at radius 1 is 0.880 bits per heavy atom. The van der Waals surface area contributed by atoms with Gasteiger partial charge >= 0.3 is 0 Å². The largest absolute Gasteiger partial charge is 0.371 e. The van der Waals surface area contributed by atoms with Crippen molar-refractivity contribution in [3.63, 3.8) is 0 Å². The van der Waals surface area contributed by atoms with E-state index in [0.29, 0.717) is 5.56 Å². The summed E-state index contributed by atoms with van der Waals surface area (Å²) in [5.41, 5.74) is 2.38. The number of rotatable bonds is 4. The van der Waals surface area contributed by atoms with Gasteiger partial charge in [0.25, 0.3) is 0 Å². The molecule has 0 spiro atoms. The van der Waals surface area contributed by atoms with E-state index in [1.165, 1.54) is 36.4 Å². The summed E-state index contributed by atoms with van der Waals surface area (Å²) in [6.07, 6.45) is 1.60. The fourth-order valence-electron chi connectivity index (χ4n) is 2.95. The van der Waals surface area contributed by atoms with E-state index >= 15 is 0 Å². The van der Waals surface area contributed by atoms with Crippen molar-refractivity contribution in [3.8, 4) is 0 Å². The molecule has 0 aromatic heterocycles. The minimum absolute atomic E-state index is 0.126. The fraction of sp³-hybridized carbons (Fsp3) is 0.250. The summed E-state index contributed by atoms with van der Waals surface area (Å²) < 4.78 is 26.0. The molecule has 1 heterocycles. The number of hydrogen-bond acceptors (Lipinski definition) is 3. The smallest absolute Gasteiger partial charge is 0.187 e. The zero-order valence-electron chi connectivity index (χ0n) is 14.1. The number of hydrogen-bond donors (Lipinski definition) is 0. The molecular weight excluding hydrogens is 322 g/mol. The first-order chi connectivity index (χ1) is 12.0. The molecule has 0 saturated carbocycles. The Hall–Kier alpha value is -2.69. The number of anilines is 1. The number of piperazine rings is 1. The van der Waals surface area contributed by atoms with Gasteiger partial charge in [-0.2, -0.15) is 0 Å². The summed E-state index contributed by atoms with van der Waals surface area (Å²) in [7, 11) is 0. The number of allylic oxidation sites excluding steroid dienone is 2. The SMILES string of the molecule is C/C(=C/C(=O)c1ccc(F)cc1)N1CCN(c2ccc(F)cc2)CC1. The third-order valence-electron chi connectivity index (χ3n) is 4.44. The van der Waals surface area contributed by atoms with Gasteiger partial charge in [-0.3, -0.25) is 4.79 Å². The lowest BCUT2D eigenvalue weighted by Crippen LogP contribution is -2.45. The van der Waals surface area contributed by atoms with E-state index in [1.54, 1.807) is 18.2 Å². The molecule has 1 saturated heterocycles. The Morgan fingerprint density at radius 2 is 1.40 bits per heavy atom. The second-order valence-electron chi connectivity index (χ2n) is 6.11. The maximum atomic E-state index is 13.0. The van der Waals surface area contributed by atoms with Gasteiger partial charge in [0.15, 0.2) is 5.78 Å². The third-order valence-corrected chi connectivity index (χ3v) is 4.44. The van der Waals surface area contributed by atoms with Crippen molar-refractivity contribution in [1.29, 1.82) is 0 Å². The Labute approximate surface area is 146 Å². The predicted octanol–water partition coefficient (Wildman–Crippen LogP) is 3.87. The van der Waals surface area contributed by atoms with Crippen LogP contribution < -0.4 is 4.90 Å². The Kier molecular flexibility index (Phi) is 5.12. The van der Waals surface area contributed by atoms with Crippen LogP contribution in [0.3, 0.4) is 0 Å². The van der Waals surface area contributed by atoms with Crippen molar-refractivity contribution < 1.29 is 13.6 Å². The maximum absolute atomic E-state index is 13.0. The van der Waals surface area contributed by atoms with Gasteiger partial charge in [0.05, 0.1) is 0 Å². The number of carbonyl (C=O) groups is 1. The van der Waals surface area contributed by atoms with Crippen molar-refractivity contribution >= 4 is 11.5 Å². The Morgan fingerprint density at radius 3 is 1.96 bits per heavy atom. The van der Waals surface area contributed by atoms with Crippen LogP contribution in [0.4, 0.5) is 14.5 Å². The van der Waals surface area contributed by atoms with E-state index in [-0.39, 0.29) is 17.4 Å². The van der Waals surface area contributed by atoms with Gasteiger partial charge < -0.3 is 9.80 Å². The molecule has 25 heavy (non-hydrogen) atoms. The molecule has 1 fully saturated rings. The highest BCUT2D eigenvalue weighted by Gasteiger charge is 2.18. The van der Waals surface area contributed by atoms with Gasteiger partial charge in [-0.25, -0.2) is 8.78 Å². The lowest BCUT2D eigenvalue weighted by molar-refractivity contribution is 0.104. The summed E-state index contributed by atoms with van der Waals surface area (Å²) in [6.45, 7) is 5.10. The highest BCUT2D eigenvalue weighted by atomic mass is 19.1. The number of carbonyl (C=O) groups excluding carboxylic acids is 1. The van der Waals surface area contributed by atoms with Gasteiger partial charge in [0.1, 0.15) is 11.6 Å². The van der Waals surface area contributed by atoms with Gasteiger partial charge in [-0.1, -0.05) is 0 Å². The molecule has 0 aliphatic carbocycles. The predicted molar refractivity (Wildman–Crippen MR) is 94.7 cm³/mol. The Balaban J connectivity index is 1.60. The van der Waals surface area contributed by atoms with Crippen molar-refractivity contribution in [2.75, 3.05) is 31.1 Å². The molecule has 0 unspecified atom stereocenters. The normalized spacial score (nSPS) is 15.4. The quantitative estimate of drug-likeness (QED) is 0.622. The van der Waals surface area contributed by atoms with Crippen LogP contribution in [0, 0.1) is 11.6 Å². The number of nitrogens with zero attached hydrogens (tertiary/aromatic N) is 2. The van der Waals surface area contributed by atoms with E-state index in [1.807, 2.05) is 6.92 Å². The highest BCUT2D eigenvalue weighted by Crippen LogP contribution is 2.19. The molecule has 0 radical (unpaired) electrons. The van der Waals surface area contributed by atoms with Crippen LogP contribution in [-0.2, 0) is 0 Å². The monoisotopic (exact) mass is 342 g/mol. The lowest BCUT2D eigenvalue weighted by atomic mass is 10.1. The van der Waals surface area contributed by atoms with Crippen molar-refractivity contribution in [2.24, 2.45) is 0 Å². The van der Waals surface area contributed by atoms with Crippen LogP contribution in [0.15, 0.2) is 60.3 Å². The first kappa shape index (κ1) is 17.1. The minimum Gasteiger partial charge on any atom is -0.371 e. The topological polar surface area (TPSA) is 23.6 Å². The second-order valence-corrected chi connectivity index (χ2v) is 6.11.